The molecule has 0 fully saturated rings. The van der Waals surface area contributed by atoms with Crippen LogP contribution in [0.4, 0.5) is 18.9 Å². The number of carbonyl (C=O) groups is 1. The zero-order valence-corrected chi connectivity index (χ0v) is 17.2. The molecule has 3 aromatic rings. The van der Waals surface area contributed by atoms with Crippen LogP contribution in [0.2, 0.25) is 0 Å². The summed E-state index contributed by atoms with van der Waals surface area (Å²) in [4.78, 5) is 18.9. The van der Waals surface area contributed by atoms with Crippen LogP contribution in [0.1, 0.15) is 22.4 Å². The summed E-state index contributed by atoms with van der Waals surface area (Å²) in [5, 5.41) is 0. The van der Waals surface area contributed by atoms with Crippen molar-refractivity contribution in [2.24, 2.45) is 0 Å². The highest BCUT2D eigenvalue weighted by molar-refractivity contribution is 6.11. The number of anilines is 1. The van der Waals surface area contributed by atoms with Gasteiger partial charge >= 0.3 is 6.18 Å². The number of carbonyl (C=O) groups excluding carboxylic acids is 1. The zero-order valence-electron chi connectivity index (χ0n) is 17.2. The average molecular weight is 454 g/mol. The van der Waals surface area contributed by atoms with Crippen LogP contribution in [0.3, 0.4) is 0 Å². The number of benzene rings is 2. The highest BCUT2D eigenvalue weighted by Crippen LogP contribution is 2.55. The fourth-order valence-electron chi connectivity index (χ4n) is 4.86. The van der Waals surface area contributed by atoms with Crippen LogP contribution in [0.5, 0.6) is 17.2 Å². The molecule has 0 radical (unpaired) electrons. The maximum Gasteiger partial charge on any atom is 0.433 e. The Morgan fingerprint density at radius 1 is 0.939 bits per heavy atom. The standard InChI is InChI=1S/C24H17F3N2O4/c25-24(26,27)21-14(4-3-7-28-21)12-29-17-6-2-1-5-15(17)23(22(29)30)13-33-18-11-20-19(10-16(18)23)31-8-9-32-20/h1-7,10-11H,8-9,12-13H2. The van der Waals surface area contributed by atoms with Crippen molar-refractivity contribution >= 4 is 11.6 Å². The highest BCUT2D eigenvalue weighted by atomic mass is 19.4. The third kappa shape index (κ3) is 2.81. The smallest absolute Gasteiger partial charge is 0.433 e. The largest absolute Gasteiger partial charge is 0.491 e. The first kappa shape index (κ1) is 19.9. The molecule has 0 aliphatic carbocycles. The molecule has 1 aromatic heterocycles. The molecule has 0 bridgehead atoms. The average Bonchev–Trinajstić information content (AvgIpc) is 3.29. The molecular weight excluding hydrogens is 437 g/mol. The van der Waals surface area contributed by atoms with Crippen LogP contribution in [-0.2, 0) is 22.9 Å². The molecule has 1 atom stereocenters. The summed E-state index contributed by atoms with van der Waals surface area (Å²) in [6.07, 6.45) is -3.53. The van der Waals surface area contributed by atoms with Gasteiger partial charge in [0.15, 0.2) is 11.5 Å². The number of para-hydroxylation sites is 1. The lowest BCUT2D eigenvalue weighted by Gasteiger charge is -2.25. The number of hydrogen-bond acceptors (Lipinski definition) is 5. The van der Waals surface area contributed by atoms with E-state index in [1.54, 1.807) is 30.3 Å². The van der Waals surface area contributed by atoms with Gasteiger partial charge < -0.3 is 19.1 Å². The molecule has 1 spiro atoms. The van der Waals surface area contributed by atoms with Crippen LogP contribution in [0.15, 0.2) is 54.7 Å². The Hall–Kier alpha value is -3.75. The Balaban J connectivity index is 1.48. The SMILES string of the molecule is O=C1N(Cc2cccnc2C(F)(F)F)c2ccccc2C12COc1cc3c(cc12)OCCO3. The molecule has 9 heteroatoms. The fraction of sp³-hybridized carbons (Fsp3) is 0.250. The molecule has 6 rings (SSSR count). The van der Waals surface area contributed by atoms with Crippen LogP contribution >= 0.6 is 0 Å². The number of halogens is 3. The molecule has 0 saturated heterocycles. The van der Waals surface area contributed by atoms with Crippen molar-refractivity contribution in [1.82, 2.24) is 4.98 Å². The maximum absolute atomic E-state index is 14.0. The quantitative estimate of drug-likeness (QED) is 0.584. The number of fused-ring (bicyclic) bond motifs is 5. The summed E-state index contributed by atoms with van der Waals surface area (Å²) < 4.78 is 57.9. The fourth-order valence-corrected chi connectivity index (χ4v) is 4.86. The van der Waals surface area contributed by atoms with Crippen LogP contribution in [0.25, 0.3) is 0 Å². The van der Waals surface area contributed by atoms with Crippen molar-refractivity contribution in [1.29, 1.82) is 0 Å². The molecule has 1 amide bonds. The van der Waals surface area contributed by atoms with E-state index in [9.17, 15) is 18.0 Å². The van der Waals surface area contributed by atoms with Gasteiger partial charge in [-0.25, -0.2) is 0 Å². The van der Waals surface area contributed by atoms with Crippen molar-refractivity contribution in [3.63, 3.8) is 0 Å². The predicted molar refractivity (Wildman–Crippen MR) is 111 cm³/mol. The summed E-state index contributed by atoms with van der Waals surface area (Å²) >= 11 is 0. The van der Waals surface area contributed by atoms with Gasteiger partial charge in [0.2, 0.25) is 5.91 Å². The molecule has 0 N–H and O–H groups in total. The molecule has 2 aromatic carbocycles. The van der Waals surface area contributed by atoms with Gasteiger partial charge in [-0.2, -0.15) is 13.2 Å². The molecule has 168 valence electrons. The van der Waals surface area contributed by atoms with Crippen molar-refractivity contribution in [2.45, 2.75) is 18.1 Å². The Labute approximate surface area is 186 Å². The molecule has 0 saturated carbocycles. The van der Waals surface area contributed by atoms with Gasteiger partial charge in [0.1, 0.15) is 36.7 Å². The van der Waals surface area contributed by atoms with Crippen molar-refractivity contribution < 1.29 is 32.2 Å². The van der Waals surface area contributed by atoms with Gasteiger partial charge in [-0.15, -0.1) is 0 Å². The first-order valence-electron chi connectivity index (χ1n) is 10.4. The van der Waals surface area contributed by atoms with E-state index < -0.39 is 17.3 Å². The first-order chi connectivity index (χ1) is 15.9. The normalized spacial score (nSPS) is 20.6. The highest BCUT2D eigenvalue weighted by Gasteiger charge is 2.57. The van der Waals surface area contributed by atoms with Gasteiger partial charge in [0.25, 0.3) is 0 Å². The summed E-state index contributed by atoms with van der Waals surface area (Å²) in [7, 11) is 0. The van der Waals surface area contributed by atoms with Gasteiger partial charge in [-0.1, -0.05) is 24.3 Å². The molecular formula is C24H17F3N2O4. The lowest BCUT2D eigenvalue weighted by atomic mass is 9.77. The molecule has 33 heavy (non-hydrogen) atoms. The van der Waals surface area contributed by atoms with Gasteiger partial charge in [0, 0.05) is 29.1 Å². The summed E-state index contributed by atoms with van der Waals surface area (Å²) in [5.74, 6) is 1.20. The minimum absolute atomic E-state index is 0.0384. The topological polar surface area (TPSA) is 60.9 Å². The molecule has 3 aliphatic rings. The van der Waals surface area contributed by atoms with E-state index in [2.05, 4.69) is 4.98 Å². The number of nitrogens with zero attached hydrogens (tertiary/aromatic N) is 2. The van der Waals surface area contributed by atoms with E-state index in [4.69, 9.17) is 14.2 Å². The summed E-state index contributed by atoms with van der Waals surface area (Å²) in [6, 6.07) is 13.4. The molecule has 4 heterocycles. The van der Waals surface area contributed by atoms with E-state index in [-0.39, 0.29) is 24.6 Å². The zero-order chi connectivity index (χ0) is 22.8. The van der Waals surface area contributed by atoms with Crippen molar-refractivity contribution in [3.8, 4) is 17.2 Å². The van der Waals surface area contributed by atoms with Crippen LogP contribution < -0.4 is 19.1 Å². The maximum atomic E-state index is 14.0. The molecule has 1 unspecified atom stereocenters. The second kappa shape index (κ2) is 6.87. The second-order valence-electron chi connectivity index (χ2n) is 8.10. The monoisotopic (exact) mass is 454 g/mol. The minimum atomic E-state index is -4.63. The number of alkyl halides is 3. The number of ether oxygens (including phenoxy) is 3. The molecule has 6 nitrogen and oxygen atoms in total. The minimum Gasteiger partial charge on any atom is -0.491 e. The van der Waals surface area contributed by atoms with E-state index in [1.807, 2.05) is 6.07 Å². The van der Waals surface area contributed by atoms with Crippen LogP contribution in [-0.4, -0.2) is 30.7 Å². The number of amides is 1. The Morgan fingerprint density at radius 2 is 1.70 bits per heavy atom. The number of hydrogen-bond donors (Lipinski definition) is 0. The number of pyridine rings is 1. The van der Waals surface area contributed by atoms with E-state index in [0.717, 1.165) is 6.20 Å². The van der Waals surface area contributed by atoms with Gasteiger partial charge in [0.05, 0.1) is 6.54 Å². The predicted octanol–water partition coefficient (Wildman–Crippen LogP) is 4.10. The summed E-state index contributed by atoms with van der Waals surface area (Å²) in [6.45, 7) is 0.577. The Bertz CT molecular complexity index is 1290. The third-order valence-electron chi connectivity index (χ3n) is 6.30. The lowest BCUT2D eigenvalue weighted by Crippen LogP contribution is -2.42. The van der Waals surface area contributed by atoms with E-state index in [0.29, 0.717) is 47.3 Å². The Morgan fingerprint density at radius 3 is 2.48 bits per heavy atom. The second-order valence-corrected chi connectivity index (χ2v) is 8.10. The molecule has 3 aliphatic heterocycles. The number of rotatable bonds is 2. The lowest BCUT2D eigenvalue weighted by molar-refractivity contribution is -0.142. The van der Waals surface area contributed by atoms with Crippen LogP contribution in [0, 0.1) is 0 Å². The Kier molecular flexibility index (Phi) is 4.14. The number of aromatic nitrogens is 1. The third-order valence-corrected chi connectivity index (χ3v) is 6.30. The first-order valence-corrected chi connectivity index (χ1v) is 10.4. The van der Waals surface area contributed by atoms with Crippen molar-refractivity contribution in [2.75, 3.05) is 24.7 Å². The van der Waals surface area contributed by atoms with Gasteiger partial charge in [-0.05, 0) is 23.8 Å². The van der Waals surface area contributed by atoms with E-state index >= 15 is 0 Å². The van der Waals surface area contributed by atoms with Gasteiger partial charge in [-0.3, -0.25) is 9.78 Å². The summed E-state index contributed by atoms with van der Waals surface area (Å²) in [5.41, 5.74) is -0.407. The van der Waals surface area contributed by atoms with E-state index in [1.165, 1.54) is 17.0 Å². The van der Waals surface area contributed by atoms with Crippen molar-refractivity contribution in [3.05, 3.63) is 77.1 Å².